The van der Waals surface area contributed by atoms with Crippen molar-refractivity contribution in [3.8, 4) is 0 Å². The fourth-order valence-electron chi connectivity index (χ4n) is 3.75. The fraction of sp³-hybridized carbons (Fsp3) is 0.100. The van der Waals surface area contributed by atoms with Crippen LogP contribution in [0.3, 0.4) is 0 Å². The zero-order chi connectivity index (χ0) is 25.3. The summed E-state index contributed by atoms with van der Waals surface area (Å²) in [4.78, 5) is 40.6. The van der Waals surface area contributed by atoms with Gasteiger partial charge in [0.15, 0.2) is 12.4 Å². The number of halogens is 1. The highest BCUT2D eigenvalue weighted by Gasteiger charge is 2.24. The molecule has 0 saturated carbocycles. The third kappa shape index (κ3) is 6.30. The fourth-order valence-corrected chi connectivity index (χ4v) is 3.75. The molecule has 4 rings (SSSR count). The molecule has 0 unspecified atom stereocenters. The number of ketones is 1. The quantitative estimate of drug-likeness (QED) is 0.227. The molecule has 0 aliphatic carbocycles. The molecule has 0 aliphatic heterocycles. The second-order valence-electron chi connectivity index (χ2n) is 8.18. The van der Waals surface area contributed by atoms with Crippen molar-refractivity contribution in [2.45, 2.75) is 13.1 Å². The number of hydrogen-bond acceptors (Lipinski definition) is 4. The summed E-state index contributed by atoms with van der Waals surface area (Å²) in [7, 11) is 0. The van der Waals surface area contributed by atoms with E-state index in [2.05, 4.69) is 0 Å². The van der Waals surface area contributed by atoms with Gasteiger partial charge in [-0.1, -0.05) is 72.8 Å². The lowest BCUT2D eigenvalue weighted by atomic mass is 10.0. The average Bonchev–Trinajstić information content (AvgIpc) is 2.92. The van der Waals surface area contributed by atoms with Crippen LogP contribution in [-0.4, -0.2) is 29.2 Å². The molecule has 0 atom stereocenters. The molecule has 1 amide bonds. The maximum atomic E-state index is 13.7. The van der Waals surface area contributed by atoms with Gasteiger partial charge in [0.2, 0.25) is 0 Å². The van der Waals surface area contributed by atoms with Crippen molar-refractivity contribution >= 4 is 17.7 Å². The lowest BCUT2D eigenvalue weighted by Crippen LogP contribution is -2.31. The van der Waals surface area contributed by atoms with E-state index in [1.54, 1.807) is 23.1 Å². The van der Waals surface area contributed by atoms with E-state index < -0.39 is 24.2 Å². The summed E-state index contributed by atoms with van der Waals surface area (Å²) in [5.41, 5.74) is 2.38. The van der Waals surface area contributed by atoms with Crippen molar-refractivity contribution in [3.05, 3.63) is 143 Å². The molecule has 0 spiro atoms. The van der Waals surface area contributed by atoms with Gasteiger partial charge in [-0.2, -0.15) is 0 Å². The Bertz CT molecular complexity index is 1300. The number of esters is 1. The maximum Gasteiger partial charge on any atom is 0.339 e. The molecular weight excluding hydrogens is 457 g/mol. The Kier molecular flexibility index (Phi) is 7.98. The van der Waals surface area contributed by atoms with E-state index in [1.165, 1.54) is 18.2 Å². The zero-order valence-corrected chi connectivity index (χ0v) is 19.5. The molecule has 180 valence electrons. The van der Waals surface area contributed by atoms with Crippen LogP contribution in [0.25, 0.3) is 0 Å². The Morgan fingerprint density at radius 1 is 0.639 bits per heavy atom. The van der Waals surface area contributed by atoms with Crippen LogP contribution in [0.1, 0.15) is 42.2 Å². The van der Waals surface area contributed by atoms with Gasteiger partial charge in [0.1, 0.15) is 5.82 Å². The van der Waals surface area contributed by atoms with Crippen LogP contribution in [0.15, 0.2) is 109 Å². The SMILES string of the molecule is O=C(COC(=O)c1ccccc1C(=O)N(Cc1ccccc1)Cc1ccccc1)c1ccc(F)cc1. The monoisotopic (exact) mass is 481 g/mol. The summed E-state index contributed by atoms with van der Waals surface area (Å²) < 4.78 is 18.3. The van der Waals surface area contributed by atoms with Crippen molar-refractivity contribution in [3.63, 3.8) is 0 Å². The Morgan fingerprint density at radius 3 is 1.69 bits per heavy atom. The van der Waals surface area contributed by atoms with Gasteiger partial charge in [-0.15, -0.1) is 0 Å². The Morgan fingerprint density at radius 2 is 1.14 bits per heavy atom. The number of benzene rings is 4. The minimum atomic E-state index is -0.784. The van der Waals surface area contributed by atoms with E-state index >= 15 is 0 Å². The second-order valence-corrected chi connectivity index (χ2v) is 8.18. The molecular formula is C30H24FNO4. The first kappa shape index (κ1) is 24.5. The Labute approximate surface area is 208 Å². The van der Waals surface area contributed by atoms with Crippen LogP contribution >= 0.6 is 0 Å². The highest BCUT2D eigenvalue weighted by atomic mass is 19.1. The molecule has 4 aromatic carbocycles. The van der Waals surface area contributed by atoms with Crippen LogP contribution in [-0.2, 0) is 17.8 Å². The lowest BCUT2D eigenvalue weighted by molar-refractivity contribution is 0.0469. The maximum absolute atomic E-state index is 13.7. The van der Waals surface area contributed by atoms with E-state index in [0.29, 0.717) is 13.1 Å². The summed E-state index contributed by atoms with van der Waals surface area (Å²) in [5.74, 6) is -2.05. The van der Waals surface area contributed by atoms with E-state index in [-0.39, 0.29) is 22.6 Å². The van der Waals surface area contributed by atoms with Crippen LogP contribution in [0.2, 0.25) is 0 Å². The highest BCUT2D eigenvalue weighted by molar-refractivity contribution is 6.06. The average molecular weight is 482 g/mol. The summed E-state index contributed by atoms with van der Waals surface area (Å²) >= 11 is 0. The van der Waals surface area contributed by atoms with Gasteiger partial charge in [0.05, 0.1) is 11.1 Å². The molecule has 6 heteroatoms. The van der Waals surface area contributed by atoms with E-state index in [9.17, 15) is 18.8 Å². The zero-order valence-electron chi connectivity index (χ0n) is 19.5. The first-order valence-corrected chi connectivity index (χ1v) is 11.4. The van der Waals surface area contributed by atoms with Crippen LogP contribution in [0.4, 0.5) is 4.39 Å². The lowest BCUT2D eigenvalue weighted by Gasteiger charge is -2.24. The van der Waals surface area contributed by atoms with Crippen LogP contribution in [0, 0.1) is 5.82 Å². The molecule has 4 aromatic rings. The number of Topliss-reactive ketones (excluding diaryl/α,β-unsaturated/α-hetero) is 1. The molecule has 0 heterocycles. The standard InChI is InChI=1S/C30H24FNO4/c31-25-17-15-24(16-18-25)28(33)21-36-30(35)27-14-8-7-13-26(27)29(34)32(19-22-9-3-1-4-10-22)20-23-11-5-2-6-12-23/h1-18H,19-21H2. The third-order valence-corrected chi connectivity index (χ3v) is 5.60. The summed E-state index contributed by atoms with van der Waals surface area (Å²) in [5, 5.41) is 0. The summed E-state index contributed by atoms with van der Waals surface area (Å²) in [6.45, 7) is 0.173. The molecule has 0 saturated heterocycles. The van der Waals surface area contributed by atoms with E-state index in [4.69, 9.17) is 4.74 Å². The number of carbonyl (C=O) groups excluding carboxylic acids is 3. The van der Waals surface area contributed by atoms with Crippen LogP contribution in [0.5, 0.6) is 0 Å². The van der Waals surface area contributed by atoms with E-state index in [1.807, 2.05) is 60.7 Å². The van der Waals surface area contributed by atoms with Crippen molar-refractivity contribution < 1.29 is 23.5 Å². The first-order chi connectivity index (χ1) is 17.5. The number of rotatable bonds is 9. The van der Waals surface area contributed by atoms with Gasteiger partial charge in [-0.3, -0.25) is 9.59 Å². The third-order valence-electron chi connectivity index (χ3n) is 5.60. The molecule has 36 heavy (non-hydrogen) atoms. The van der Waals surface area contributed by atoms with Gasteiger partial charge in [-0.05, 0) is 47.5 Å². The van der Waals surface area contributed by atoms with Gasteiger partial charge in [0.25, 0.3) is 5.91 Å². The molecule has 0 radical (unpaired) electrons. The number of nitrogens with zero attached hydrogens (tertiary/aromatic N) is 1. The van der Waals surface area contributed by atoms with E-state index in [0.717, 1.165) is 23.3 Å². The minimum Gasteiger partial charge on any atom is -0.454 e. The minimum absolute atomic E-state index is 0.0699. The van der Waals surface area contributed by atoms with Gasteiger partial charge in [0, 0.05) is 18.7 Å². The number of hydrogen-bond donors (Lipinski definition) is 0. The highest BCUT2D eigenvalue weighted by Crippen LogP contribution is 2.18. The van der Waals surface area contributed by atoms with Gasteiger partial charge >= 0.3 is 5.97 Å². The largest absolute Gasteiger partial charge is 0.454 e. The smallest absolute Gasteiger partial charge is 0.339 e. The molecule has 0 fully saturated rings. The topological polar surface area (TPSA) is 63.7 Å². The summed E-state index contributed by atoms with van der Waals surface area (Å²) in [6.07, 6.45) is 0. The summed E-state index contributed by atoms with van der Waals surface area (Å²) in [6, 6.07) is 30.6. The Hall–Kier alpha value is -4.58. The van der Waals surface area contributed by atoms with Gasteiger partial charge < -0.3 is 9.64 Å². The predicted octanol–water partition coefficient (Wildman–Crippen LogP) is 5.71. The van der Waals surface area contributed by atoms with Crippen molar-refractivity contribution in [2.24, 2.45) is 0 Å². The van der Waals surface area contributed by atoms with Crippen molar-refractivity contribution in [1.82, 2.24) is 4.90 Å². The first-order valence-electron chi connectivity index (χ1n) is 11.4. The van der Waals surface area contributed by atoms with Crippen molar-refractivity contribution in [1.29, 1.82) is 0 Å². The second kappa shape index (κ2) is 11.7. The predicted molar refractivity (Wildman–Crippen MR) is 134 cm³/mol. The van der Waals surface area contributed by atoms with Gasteiger partial charge in [-0.25, -0.2) is 9.18 Å². The number of ether oxygens (including phenoxy) is 1. The molecule has 0 bridgehead atoms. The Balaban J connectivity index is 1.54. The molecule has 0 aliphatic rings. The number of amides is 1. The van der Waals surface area contributed by atoms with Crippen LogP contribution < -0.4 is 0 Å². The molecule has 0 aromatic heterocycles. The normalized spacial score (nSPS) is 10.5. The van der Waals surface area contributed by atoms with Crippen molar-refractivity contribution in [2.75, 3.05) is 6.61 Å². The molecule has 5 nitrogen and oxygen atoms in total. The number of carbonyl (C=O) groups is 3. The molecule has 0 N–H and O–H groups in total.